The number of anilines is 1. The van der Waals surface area contributed by atoms with Crippen molar-refractivity contribution in [3.8, 4) is 0 Å². The van der Waals surface area contributed by atoms with Crippen LogP contribution in [0, 0.1) is 0 Å². The number of aryl methyl sites for hydroxylation is 1. The van der Waals surface area contributed by atoms with Crippen LogP contribution in [0.1, 0.15) is 5.56 Å². The van der Waals surface area contributed by atoms with E-state index < -0.39 is 0 Å². The molecule has 0 aliphatic rings. The molecule has 0 radical (unpaired) electrons. The normalized spacial score (nSPS) is 10.3. The second-order valence-corrected chi connectivity index (χ2v) is 5.89. The van der Waals surface area contributed by atoms with Crippen LogP contribution in [-0.2, 0) is 11.3 Å². The van der Waals surface area contributed by atoms with Gasteiger partial charge in [0.2, 0.25) is 0 Å². The molecule has 4 nitrogen and oxygen atoms in total. The average molecular weight is 316 g/mol. The van der Waals surface area contributed by atoms with Crippen molar-refractivity contribution in [1.82, 2.24) is 5.06 Å². The summed E-state index contributed by atoms with van der Waals surface area (Å²) in [4.78, 5) is 17.7. The van der Waals surface area contributed by atoms with E-state index in [0.717, 1.165) is 27.8 Å². The first-order chi connectivity index (χ1) is 10.7. The van der Waals surface area contributed by atoms with Gasteiger partial charge in [0.25, 0.3) is 0 Å². The molecule has 0 unspecified atom stereocenters. The molecule has 5 heteroatoms. The number of carbonyl (C=O) groups excluding carboxylic acids is 1. The van der Waals surface area contributed by atoms with E-state index in [2.05, 4.69) is 29.6 Å². The minimum atomic E-state index is -0.297. The van der Waals surface area contributed by atoms with Crippen molar-refractivity contribution in [2.24, 2.45) is 0 Å². The minimum absolute atomic E-state index is 0.297. The molecule has 0 saturated heterocycles. The van der Waals surface area contributed by atoms with E-state index in [9.17, 15) is 4.79 Å². The summed E-state index contributed by atoms with van der Waals surface area (Å²) in [5.41, 5.74) is 2.10. The Morgan fingerprint density at radius 1 is 1.18 bits per heavy atom. The number of carbonyl (C=O) groups is 1. The molecular weight excluding hydrogens is 296 g/mol. The molecular formula is C17H20N2O2S. The Hall–Kier alpha value is -1.98. The maximum atomic E-state index is 11.7. The van der Waals surface area contributed by atoms with Gasteiger partial charge in [0.05, 0.1) is 7.11 Å². The van der Waals surface area contributed by atoms with Gasteiger partial charge >= 0.3 is 6.03 Å². The third-order valence-corrected chi connectivity index (χ3v) is 4.14. The van der Waals surface area contributed by atoms with Crippen LogP contribution in [0.4, 0.5) is 10.5 Å². The predicted octanol–water partition coefficient (Wildman–Crippen LogP) is 4.05. The monoisotopic (exact) mass is 316 g/mol. The molecule has 0 heterocycles. The maximum Gasteiger partial charge on any atom is 0.345 e. The molecule has 0 aromatic heterocycles. The summed E-state index contributed by atoms with van der Waals surface area (Å²) < 4.78 is 0. The summed E-state index contributed by atoms with van der Waals surface area (Å²) >= 11 is 1.77. The topological polar surface area (TPSA) is 41.6 Å². The van der Waals surface area contributed by atoms with E-state index in [-0.39, 0.29) is 6.03 Å². The van der Waals surface area contributed by atoms with E-state index in [4.69, 9.17) is 4.84 Å². The lowest BCUT2D eigenvalue weighted by Crippen LogP contribution is -2.30. The van der Waals surface area contributed by atoms with Crippen LogP contribution < -0.4 is 5.32 Å². The highest BCUT2D eigenvalue weighted by Gasteiger charge is 2.07. The highest BCUT2D eigenvalue weighted by Crippen LogP contribution is 2.22. The molecule has 1 N–H and O–H groups in total. The third kappa shape index (κ3) is 5.09. The number of rotatable bonds is 6. The summed E-state index contributed by atoms with van der Waals surface area (Å²) in [5, 5.41) is 3.94. The van der Waals surface area contributed by atoms with Crippen LogP contribution in [0.25, 0.3) is 0 Å². The van der Waals surface area contributed by atoms with Crippen LogP contribution in [0.2, 0.25) is 0 Å². The van der Waals surface area contributed by atoms with Crippen LogP contribution in [0.15, 0.2) is 59.5 Å². The molecule has 0 bridgehead atoms. The molecule has 116 valence electrons. The first-order valence-electron chi connectivity index (χ1n) is 7.04. The zero-order valence-electron chi connectivity index (χ0n) is 12.8. The van der Waals surface area contributed by atoms with E-state index in [1.165, 1.54) is 12.7 Å². The highest BCUT2D eigenvalue weighted by molar-refractivity contribution is 7.99. The van der Waals surface area contributed by atoms with Crippen LogP contribution in [0.5, 0.6) is 0 Å². The van der Waals surface area contributed by atoms with Gasteiger partial charge in [0, 0.05) is 23.4 Å². The van der Waals surface area contributed by atoms with Crippen molar-refractivity contribution in [2.45, 2.75) is 11.3 Å². The zero-order valence-corrected chi connectivity index (χ0v) is 13.6. The molecule has 22 heavy (non-hydrogen) atoms. The Morgan fingerprint density at radius 2 is 1.95 bits per heavy atom. The number of benzene rings is 2. The Balaban J connectivity index is 1.87. The lowest BCUT2D eigenvalue weighted by molar-refractivity contribution is -0.0598. The van der Waals surface area contributed by atoms with Gasteiger partial charge in [0.15, 0.2) is 0 Å². The first kappa shape index (κ1) is 16.4. The Bertz CT molecular complexity index is 605. The lowest BCUT2D eigenvalue weighted by Gasteiger charge is -2.15. The van der Waals surface area contributed by atoms with E-state index >= 15 is 0 Å². The highest BCUT2D eigenvalue weighted by atomic mass is 32.2. The quantitative estimate of drug-likeness (QED) is 0.646. The number of urea groups is 1. The molecule has 0 atom stereocenters. The molecule has 2 aromatic carbocycles. The smallest absolute Gasteiger partial charge is 0.306 e. The molecule has 0 aliphatic heterocycles. The van der Waals surface area contributed by atoms with Gasteiger partial charge in [0.1, 0.15) is 0 Å². The van der Waals surface area contributed by atoms with Gasteiger partial charge in [-0.15, -0.1) is 11.8 Å². The van der Waals surface area contributed by atoms with Crippen LogP contribution in [0.3, 0.4) is 0 Å². The largest absolute Gasteiger partial charge is 0.345 e. The molecule has 0 saturated carbocycles. The molecule has 0 fully saturated rings. The SMILES string of the molecule is CON(C)C(=O)Nc1cccc(SCCc2ccccc2)c1. The molecule has 0 aliphatic carbocycles. The Morgan fingerprint density at radius 3 is 2.68 bits per heavy atom. The van der Waals surface area contributed by atoms with Gasteiger partial charge in [-0.2, -0.15) is 0 Å². The zero-order chi connectivity index (χ0) is 15.8. The Kier molecular flexibility index (Phi) is 6.30. The van der Waals surface area contributed by atoms with Gasteiger partial charge in [-0.1, -0.05) is 36.4 Å². The van der Waals surface area contributed by atoms with Crippen LogP contribution >= 0.6 is 11.8 Å². The number of amides is 2. The average Bonchev–Trinajstić information content (AvgIpc) is 2.55. The van der Waals surface area contributed by atoms with Gasteiger partial charge in [-0.3, -0.25) is 4.84 Å². The third-order valence-electron chi connectivity index (χ3n) is 3.15. The summed E-state index contributed by atoms with van der Waals surface area (Å²) in [5.74, 6) is 0.999. The number of nitrogens with zero attached hydrogens (tertiary/aromatic N) is 1. The molecule has 2 amide bonds. The second-order valence-electron chi connectivity index (χ2n) is 4.72. The summed E-state index contributed by atoms with van der Waals surface area (Å²) in [6, 6.07) is 17.9. The minimum Gasteiger partial charge on any atom is -0.306 e. The number of hydrogen-bond acceptors (Lipinski definition) is 3. The Labute approximate surface area is 135 Å². The first-order valence-corrected chi connectivity index (χ1v) is 8.03. The van der Waals surface area contributed by atoms with E-state index in [1.807, 2.05) is 30.3 Å². The number of hydroxylamine groups is 2. The van der Waals surface area contributed by atoms with Crippen LogP contribution in [-0.4, -0.2) is 31.0 Å². The predicted molar refractivity (Wildman–Crippen MR) is 91.1 cm³/mol. The summed E-state index contributed by atoms with van der Waals surface area (Å²) in [7, 11) is 3.02. The fourth-order valence-electron chi connectivity index (χ4n) is 1.88. The van der Waals surface area contributed by atoms with Gasteiger partial charge < -0.3 is 5.32 Å². The summed E-state index contributed by atoms with van der Waals surface area (Å²) in [6.07, 6.45) is 1.02. The molecule has 2 rings (SSSR count). The van der Waals surface area contributed by atoms with Crippen molar-refractivity contribution in [3.05, 3.63) is 60.2 Å². The number of nitrogens with one attached hydrogen (secondary N) is 1. The fourth-order valence-corrected chi connectivity index (χ4v) is 2.84. The van der Waals surface area contributed by atoms with Crippen molar-refractivity contribution in [2.75, 3.05) is 25.2 Å². The second kappa shape index (κ2) is 8.46. The standard InChI is InChI=1S/C17H20N2O2S/c1-19(21-2)17(20)18-15-9-6-10-16(13-15)22-12-11-14-7-4-3-5-8-14/h3-10,13H,11-12H2,1-2H3,(H,18,20). The lowest BCUT2D eigenvalue weighted by atomic mass is 10.2. The van der Waals surface area contributed by atoms with Crippen molar-refractivity contribution in [1.29, 1.82) is 0 Å². The van der Waals surface area contributed by atoms with Crippen molar-refractivity contribution >= 4 is 23.5 Å². The van der Waals surface area contributed by atoms with E-state index in [1.54, 1.807) is 18.8 Å². The number of thioether (sulfide) groups is 1. The molecule has 2 aromatic rings. The van der Waals surface area contributed by atoms with Crippen molar-refractivity contribution in [3.63, 3.8) is 0 Å². The van der Waals surface area contributed by atoms with E-state index in [0.29, 0.717) is 0 Å². The fraction of sp³-hybridized carbons (Fsp3) is 0.235. The van der Waals surface area contributed by atoms with Gasteiger partial charge in [-0.25, -0.2) is 9.86 Å². The van der Waals surface area contributed by atoms with Gasteiger partial charge in [-0.05, 0) is 30.2 Å². The number of hydrogen-bond donors (Lipinski definition) is 1. The summed E-state index contributed by atoms with van der Waals surface area (Å²) in [6.45, 7) is 0. The molecule has 0 spiro atoms. The maximum absolute atomic E-state index is 11.7. The van der Waals surface area contributed by atoms with Crippen molar-refractivity contribution < 1.29 is 9.63 Å².